The summed E-state index contributed by atoms with van der Waals surface area (Å²) in [7, 11) is 4.95. The number of hydrogen-bond donors (Lipinski definition) is 21. The van der Waals surface area contributed by atoms with Crippen molar-refractivity contribution in [2.45, 2.75) is 188 Å². The molecule has 18 atom stereocenters. The monoisotopic (exact) mass is 1810 g/mol. The number of ether oxygens (including phenoxy) is 7. The largest absolute Gasteiger partial charge is 0.508 e. The summed E-state index contributed by atoms with van der Waals surface area (Å²) >= 11 is 14.3. The lowest BCUT2D eigenvalue weighted by molar-refractivity contribution is -0.277. The lowest BCUT2D eigenvalue weighted by Crippen LogP contribution is -2.66. The Morgan fingerprint density at radius 3 is 1.91 bits per heavy atom. The Kier molecular flexibility index (Phi) is 29.7. The molecule has 7 aromatic carbocycles. The molecule has 38 nitrogen and oxygen atoms in total. The van der Waals surface area contributed by atoms with Crippen molar-refractivity contribution in [1.29, 1.82) is 0 Å². The van der Waals surface area contributed by atoms with E-state index in [4.69, 9.17) is 56.4 Å². The molecule has 8 aliphatic rings. The minimum absolute atomic E-state index is 0.0943. The molecule has 684 valence electrons. The Morgan fingerprint density at radius 1 is 0.562 bits per heavy atom. The van der Waals surface area contributed by atoms with Crippen molar-refractivity contribution in [3.8, 4) is 80.1 Å². The first kappa shape index (κ1) is 93.7. The molecule has 8 aliphatic heterocycles. The number of carboxylic acid groups (broad SMARTS) is 1. The first-order chi connectivity index (χ1) is 61.1. The summed E-state index contributed by atoms with van der Waals surface area (Å²) in [6, 6.07) is 5.68. The maximum Gasteiger partial charge on any atom is 0.335 e. The molecule has 8 amide bonds. The van der Waals surface area contributed by atoms with Crippen LogP contribution in [0.25, 0.3) is 11.1 Å². The van der Waals surface area contributed by atoms with Gasteiger partial charge < -0.3 is 147 Å². The van der Waals surface area contributed by atoms with Gasteiger partial charge in [-0.1, -0.05) is 106 Å². The van der Waals surface area contributed by atoms with Crippen LogP contribution in [-0.2, 0) is 59.0 Å². The van der Waals surface area contributed by atoms with Crippen LogP contribution < -0.4 is 71.5 Å². The molecule has 0 saturated carbocycles. The van der Waals surface area contributed by atoms with Gasteiger partial charge in [0.2, 0.25) is 65.6 Å². The van der Waals surface area contributed by atoms with Crippen LogP contribution in [0.2, 0.25) is 10.0 Å². The number of unbranched alkanes of at least 4 members (excludes halogenated alkanes) is 5. The van der Waals surface area contributed by atoms with E-state index in [-0.39, 0.29) is 47.8 Å². The van der Waals surface area contributed by atoms with Crippen LogP contribution in [0, 0.1) is 5.92 Å². The number of phenols is 4. The van der Waals surface area contributed by atoms with Crippen molar-refractivity contribution in [2.24, 2.45) is 5.92 Å². The van der Waals surface area contributed by atoms with E-state index in [2.05, 4.69) is 61.7 Å². The van der Waals surface area contributed by atoms with Gasteiger partial charge in [0.15, 0.2) is 29.1 Å². The smallest absolute Gasteiger partial charge is 0.335 e. The molecule has 15 rings (SSSR count). The van der Waals surface area contributed by atoms with Crippen molar-refractivity contribution in [2.75, 3.05) is 40.8 Å². The lowest BCUT2D eigenvalue weighted by atomic mass is 9.89. The average Bonchev–Trinajstić information content (AvgIpc) is 0.755. The number of fused-ring (bicyclic) bond motifs is 14. The van der Waals surface area contributed by atoms with Crippen molar-refractivity contribution in [1.82, 2.24) is 52.8 Å². The van der Waals surface area contributed by atoms with E-state index in [0.717, 1.165) is 105 Å². The highest BCUT2D eigenvalue weighted by Gasteiger charge is 2.52. The third-order valence-electron chi connectivity index (χ3n) is 22.7. The van der Waals surface area contributed by atoms with Gasteiger partial charge in [-0.3, -0.25) is 38.4 Å². The number of aliphatic hydroxyl groups is 7. The van der Waals surface area contributed by atoms with Gasteiger partial charge in [0, 0.05) is 48.2 Å². The summed E-state index contributed by atoms with van der Waals surface area (Å²) in [5.74, 6) is -17.5. The molecule has 0 spiro atoms. The van der Waals surface area contributed by atoms with Gasteiger partial charge in [-0.15, -0.1) is 0 Å². The zero-order chi connectivity index (χ0) is 92.0. The van der Waals surface area contributed by atoms with Gasteiger partial charge in [0.25, 0.3) is 0 Å². The first-order valence-corrected chi connectivity index (χ1v) is 42.3. The third-order valence-corrected chi connectivity index (χ3v) is 23.4. The Bertz CT molecular complexity index is 5340. The minimum atomic E-state index is -2.45. The van der Waals surface area contributed by atoms with E-state index >= 15 is 28.8 Å². The maximum atomic E-state index is 16.8. The topological polar surface area (TPSA) is 573 Å². The number of carbonyl (C=O) groups excluding carboxylic acids is 8. The van der Waals surface area contributed by atoms with Crippen LogP contribution in [-0.4, -0.2) is 234 Å². The van der Waals surface area contributed by atoms with Crippen molar-refractivity contribution >= 4 is 76.4 Å². The van der Waals surface area contributed by atoms with E-state index in [1.165, 1.54) is 49.5 Å². The molecule has 21 N–H and O–H groups in total. The van der Waals surface area contributed by atoms with Crippen LogP contribution in [0.4, 0.5) is 0 Å². The zero-order valence-electron chi connectivity index (χ0n) is 69.7. The zero-order valence-corrected chi connectivity index (χ0v) is 71.2. The fourth-order valence-corrected chi connectivity index (χ4v) is 16.4. The number of aliphatic carboxylic acids is 1. The van der Waals surface area contributed by atoms with E-state index < -0.39 is 271 Å². The first-order valence-electron chi connectivity index (χ1n) is 41.5. The molecule has 40 heteroatoms. The Morgan fingerprint density at radius 2 is 1.21 bits per heavy atom. The predicted octanol–water partition coefficient (Wildman–Crippen LogP) is 4.17. The maximum absolute atomic E-state index is 16.8. The molecule has 2 fully saturated rings. The molecule has 128 heavy (non-hydrogen) atoms. The highest BCUT2D eigenvalue weighted by Crippen LogP contribution is 2.51. The lowest BCUT2D eigenvalue weighted by Gasteiger charge is -2.41. The van der Waals surface area contributed by atoms with Gasteiger partial charge in [-0.05, 0) is 153 Å². The van der Waals surface area contributed by atoms with E-state index in [1.54, 1.807) is 19.0 Å². The highest BCUT2D eigenvalue weighted by atomic mass is 35.5. The molecule has 2 saturated heterocycles. The van der Waals surface area contributed by atoms with Gasteiger partial charge in [0.1, 0.15) is 131 Å². The minimum Gasteiger partial charge on any atom is -0.508 e. The normalized spacial score (nSPS) is 25.8. The number of nitrogens with one attached hydrogen (secondary N) is 9. The molecule has 1 unspecified atom stereocenters. The molecule has 7 aromatic rings. The molecule has 17 bridgehead atoms. The van der Waals surface area contributed by atoms with Crippen LogP contribution in [0.15, 0.2) is 115 Å². The summed E-state index contributed by atoms with van der Waals surface area (Å²) in [5.41, 5.74) is -2.68. The Labute approximate surface area is 742 Å². The van der Waals surface area contributed by atoms with Gasteiger partial charge in [-0.25, -0.2) is 4.79 Å². The number of halogens is 2. The second kappa shape index (κ2) is 40.6. The standard InChI is InChI=1S/C88H100Cl2N10O28/c1-38(2)13-10-8-6-7-9-11-14-61(106)94-70-73(109)75(111)78(86(120)121)128-87(70)127-77-58-31-43-32-59(77)124-55-24-19-42(29-50(55)89)71(107)69-85(119)98-67(80(114)92-25-12-26-100(4)5)48-33-44(102)34-57(125-88-76(112)74(110)72(108)60(37-101)126-88)62(48)47-28-40(17-22-52(47)103)65(82(116)99-69)95-83(117)66(43)96-84(118)68-49-35-46(36-54(105)63(49)90)123-56-30-41(18-23-53(56)104)64(91-3)81(115)93-51(79(113)97-68)27-39-15-20-45(122-58)21-16-39/h15-24,28-36,38,51,60,64-76,78,87-88,91,101-105,107-112H,6-14,25-27,37H2,1-5H3,(H,92,114)(H,93,115)(H,94,106)(H,95,117)(H,96,118)(H,97,113)(H,98,119)(H,99,116)(H,120,121)/t51-,60-,64-,65-,66-,67?,68+,69+,70-,71-,72-,73-,74+,75+,76+,78+,87-,88+/m0/s1. The summed E-state index contributed by atoms with van der Waals surface area (Å²) < 4.78 is 44.5. The quantitative estimate of drug-likeness (QED) is 0.0423. The fourth-order valence-electron chi connectivity index (χ4n) is 15.9. The average molecular weight is 1820 g/mol. The number of phenolic OH excluding ortho intramolecular Hbond substituents is 4. The highest BCUT2D eigenvalue weighted by molar-refractivity contribution is 6.33. The van der Waals surface area contributed by atoms with E-state index in [1.807, 2.05) is 0 Å². The van der Waals surface area contributed by atoms with Crippen LogP contribution >= 0.6 is 23.2 Å². The van der Waals surface area contributed by atoms with Gasteiger partial charge in [-0.2, -0.15) is 0 Å². The summed E-state index contributed by atoms with van der Waals surface area (Å²) in [4.78, 5) is 140. The number of benzene rings is 7. The third kappa shape index (κ3) is 21.1. The second-order valence-corrected chi connectivity index (χ2v) is 33.5. The number of carboxylic acids is 1. The van der Waals surface area contributed by atoms with Gasteiger partial charge in [0.05, 0.1) is 16.7 Å². The number of hydrogen-bond acceptors (Lipinski definition) is 29. The molecular formula is C88H100Cl2N10O28. The van der Waals surface area contributed by atoms with Crippen LogP contribution in [0.1, 0.15) is 147 Å². The summed E-state index contributed by atoms with van der Waals surface area (Å²) in [6.07, 6.45) is -15.8. The Balaban J connectivity index is 1.04. The van der Waals surface area contributed by atoms with Crippen molar-refractivity contribution in [3.63, 3.8) is 0 Å². The second-order valence-electron chi connectivity index (χ2n) is 32.7. The SMILES string of the molecule is CN[C@@H]1C(=O)N[C@H]2Cc3ccc(cc3)Oc3cc4cc(c3O[C@H]3O[C@@H](C(=O)O)[C@H](O)[C@@H](O)[C@@H]3NC(=O)CCCCCCCCC(C)C)Oc3ccc(cc3Cl)[C@H](O)[C@H]3NC(=O)[C@@H](NC(=O)[C@H]4NC(=O)[C@H](NC2=O)c2cc(cc(O)c2Cl)Oc2cc1ccc2O)c1ccc(O)c(c1)-c1c(O[C@@H]2O[C@@H](CO)[C@H](O)[C@@H](O)[C@H]2O)cc(O)cc1C(C(=O)NCCCN(C)C)NC3=O. The van der Waals surface area contributed by atoms with Crippen LogP contribution in [0.3, 0.4) is 0 Å². The molecule has 8 heterocycles. The predicted molar refractivity (Wildman–Crippen MR) is 452 cm³/mol. The number of amides is 8. The molecule has 0 radical (unpaired) electrons. The van der Waals surface area contributed by atoms with Crippen molar-refractivity contribution < 1.29 is 138 Å². The van der Waals surface area contributed by atoms with Crippen LogP contribution in [0.5, 0.6) is 69.0 Å². The summed E-state index contributed by atoms with van der Waals surface area (Å²) in [6.45, 7) is 3.61. The number of aromatic hydroxyl groups is 4. The van der Waals surface area contributed by atoms with Crippen molar-refractivity contribution in [3.05, 3.63) is 164 Å². The molecular weight excluding hydrogens is 1720 g/mol. The number of aliphatic hydroxyl groups excluding tert-OH is 7. The molecule has 0 aromatic heterocycles. The summed E-state index contributed by atoms with van der Waals surface area (Å²) in [5, 5.41) is 161. The fraction of sp³-hybridized carbons (Fsp3) is 0.420. The number of rotatable bonds is 22. The number of carbonyl (C=O) groups is 9. The van der Waals surface area contributed by atoms with E-state index in [0.29, 0.717) is 30.9 Å². The number of likely N-dealkylation sites (N-methyl/N-ethyl adjacent to an activating group) is 1. The van der Waals surface area contributed by atoms with Gasteiger partial charge >= 0.3 is 5.97 Å². The Hall–Kier alpha value is -11.9. The number of nitrogens with zero attached hydrogens (tertiary/aromatic N) is 1. The molecule has 0 aliphatic carbocycles. The van der Waals surface area contributed by atoms with E-state index in [9.17, 15) is 75.7 Å².